The highest BCUT2D eigenvalue weighted by Crippen LogP contribution is 2.21. The van der Waals surface area contributed by atoms with Gasteiger partial charge in [0.2, 0.25) is 0 Å². The molecule has 0 bridgehead atoms. The van der Waals surface area contributed by atoms with Crippen molar-refractivity contribution in [3.8, 4) is 0 Å². The number of alkyl halides is 3. The number of nitrogens with one attached hydrogen (secondary N) is 1. The highest BCUT2D eigenvalue weighted by atomic mass is 19.4. The molecule has 2 nitrogen and oxygen atoms in total. The molecule has 0 spiro atoms. The number of hydrogen-bond donors (Lipinski definition) is 1. The van der Waals surface area contributed by atoms with Crippen molar-refractivity contribution in [2.75, 3.05) is 19.8 Å². The van der Waals surface area contributed by atoms with Gasteiger partial charge in [-0.05, 0) is 27.2 Å². The second kappa shape index (κ2) is 6.75. The lowest BCUT2D eigenvalue weighted by Crippen LogP contribution is -2.43. The average molecular weight is 269 g/mol. The Morgan fingerprint density at radius 1 is 1.00 bits per heavy atom. The van der Waals surface area contributed by atoms with Gasteiger partial charge in [-0.1, -0.05) is 13.8 Å². The van der Waals surface area contributed by atoms with Crippen LogP contribution in [0.15, 0.2) is 0 Å². The first-order valence-corrected chi connectivity index (χ1v) is 6.31. The summed E-state index contributed by atoms with van der Waals surface area (Å²) >= 11 is 0. The molecule has 0 unspecified atom stereocenters. The molecular formula is C13H26F3NO. The molecule has 18 heavy (non-hydrogen) atoms. The molecule has 1 N–H and O–H groups in total. The van der Waals surface area contributed by atoms with Crippen molar-refractivity contribution < 1.29 is 17.9 Å². The van der Waals surface area contributed by atoms with Crippen molar-refractivity contribution in [2.45, 2.75) is 59.2 Å². The molecule has 0 aromatic heterocycles. The Kier molecular flexibility index (Phi) is 6.65. The zero-order valence-electron chi connectivity index (χ0n) is 12.1. The van der Waals surface area contributed by atoms with Crippen LogP contribution in [0.2, 0.25) is 0 Å². The van der Waals surface area contributed by atoms with Gasteiger partial charge in [-0.3, -0.25) is 0 Å². The second-order valence-electron chi connectivity index (χ2n) is 6.54. The van der Waals surface area contributed by atoms with Gasteiger partial charge >= 0.3 is 6.18 Å². The van der Waals surface area contributed by atoms with Crippen LogP contribution in [0.5, 0.6) is 0 Å². The summed E-state index contributed by atoms with van der Waals surface area (Å²) in [5.41, 5.74) is -0.0426. The van der Waals surface area contributed by atoms with E-state index in [-0.39, 0.29) is 24.0 Å². The molecule has 0 aliphatic rings. The molecule has 0 aliphatic carbocycles. The fourth-order valence-electron chi connectivity index (χ4n) is 1.28. The summed E-state index contributed by atoms with van der Waals surface area (Å²) in [6, 6.07) is 0. The van der Waals surface area contributed by atoms with Gasteiger partial charge in [-0.2, -0.15) is 13.2 Å². The van der Waals surface area contributed by atoms with Gasteiger partial charge in [0.15, 0.2) is 0 Å². The predicted octanol–water partition coefficient (Wildman–Crippen LogP) is 3.76. The third-order valence-electron chi connectivity index (χ3n) is 2.34. The Morgan fingerprint density at radius 3 is 2.00 bits per heavy atom. The van der Waals surface area contributed by atoms with Crippen molar-refractivity contribution >= 4 is 0 Å². The minimum atomic E-state index is -4.08. The van der Waals surface area contributed by atoms with Crippen LogP contribution in [0.25, 0.3) is 0 Å². The third kappa shape index (κ3) is 12.2. The molecule has 0 rings (SSSR count). The maximum atomic E-state index is 11.9. The van der Waals surface area contributed by atoms with Crippen LogP contribution < -0.4 is 5.32 Å². The summed E-state index contributed by atoms with van der Waals surface area (Å²) < 4.78 is 41.0. The van der Waals surface area contributed by atoms with Crippen molar-refractivity contribution in [1.82, 2.24) is 5.32 Å². The molecule has 0 fully saturated rings. The molecule has 0 radical (unpaired) electrons. The molecule has 0 heterocycles. The van der Waals surface area contributed by atoms with Crippen LogP contribution in [-0.2, 0) is 4.74 Å². The molecule has 0 amide bonds. The van der Waals surface area contributed by atoms with E-state index in [4.69, 9.17) is 4.74 Å². The van der Waals surface area contributed by atoms with E-state index >= 15 is 0 Å². The van der Waals surface area contributed by atoms with E-state index in [1.165, 1.54) is 0 Å². The molecule has 0 aromatic rings. The van der Waals surface area contributed by atoms with E-state index in [0.29, 0.717) is 6.61 Å². The Labute approximate surface area is 108 Å². The summed E-state index contributed by atoms with van der Waals surface area (Å²) in [5, 5.41) is 3.37. The van der Waals surface area contributed by atoms with Crippen LogP contribution in [0, 0.1) is 5.41 Å². The van der Waals surface area contributed by atoms with Gasteiger partial charge in [0.1, 0.15) is 0 Å². The van der Waals surface area contributed by atoms with Crippen LogP contribution in [-0.4, -0.2) is 31.5 Å². The quantitative estimate of drug-likeness (QED) is 0.711. The van der Waals surface area contributed by atoms with Crippen LogP contribution in [0.4, 0.5) is 13.2 Å². The van der Waals surface area contributed by atoms with Crippen LogP contribution in [0.3, 0.4) is 0 Å². The lowest BCUT2D eigenvalue weighted by atomic mass is 9.93. The summed E-state index contributed by atoms with van der Waals surface area (Å²) in [6.07, 6.45) is -4.81. The highest BCUT2D eigenvalue weighted by Gasteiger charge is 2.26. The average Bonchev–Trinajstić information content (AvgIpc) is 2.11. The minimum Gasteiger partial charge on any atom is -0.381 e. The number of halogens is 3. The molecular weight excluding hydrogens is 243 g/mol. The lowest BCUT2D eigenvalue weighted by Gasteiger charge is -2.30. The normalized spacial score (nSPS) is 14.0. The van der Waals surface area contributed by atoms with Crippen molar-refractivity contribution in [3.63, 3.8) is 0 Å². The minimum absolute atomic E-state index is 0.0340. The number of hydrogen-bond acceptors (Lipinski definition) is 2. The van der Waals surface area contributed by atoms with Gasteiger partial charge in [0.25, 0.3) is 0 Å². The Bertz CT molecular complexity index is 231. The smallest absolute Gasteiger partial charge is 0.381 e. The monoisotopic (exact) mass is 269 g/mol. The zero-order valence-corrected chi connectivity index (χ0v) is 12.1. The van der Waals surface area contributed by atoms with Gasteiger partial charge in [0, 0.05) is 30.5 Å². The topological polar surface area (TPSA) is 21.3 Å². The highest BCUT2D eigenvalue weighted by molar-refractivity contribution is 4.77. The standard InChI is InChI=1S/C13H26F3NO/c1-11(2,3)17-9-12(4,5)10-18-8-6-7-13(14,15)16/h17H,6-10H2,1-5H3. The predicted molar refractivity (Wildman–Crippen MR) is 67.6 cm³/mol. The van der Waals surface area contributed by atoms with Crippen LogP contribution >= 0.6 is 0 Å². The number of rotatable bonds is 7. The maximum absolute atomic E-state index is 11.9. The summed E-state index contributed by atoms with van der Waals surface area (Å²) in [7, 11) is 0. The second-order valence-corrected chi connectivity index (χ2v) is 6.54. The third-order valence-corrected chi connectivity index (χ3v) is 2.34. The first kappa shape index (κ1) is 17.7. The molecule has 0 atom stereocenters. The van der Waals surface area contributed by atoms with E-state index in [9.17, 15) is 13.2 Å². The molecule has 110 valence electrons. The Hall–Kier alpha value is -0.290. The summed E-state index contributed by atoms with van der Waals surface area (Å²) in [6.45, 7) is 11.7. The first-order chi connectivity index (χ1) is 7.91. The lowest BCUT2D eigenvalue weighted by molar-refractivity contribution is -0.138. The SMILES string of the molecule is CC(C)(CNC(C)(C)C)COCCCC(F)(F)F. The first-order valence-electron chi connectivity index (χ1n) is 6.31. The fraction of sp³-hybridized carbons (Fsp3) is 1.00. The van der Waals surface area contributed by atoms with E-state index in [1.807, 2.05) is 13.8 Å². The van der Waals surface area contributed by atoms with E-state index in [0.717, 1.165) is 6.54 Å². The Morgan fingerprint density at radius 2 is 1.56 bits per heavy atom. The van der Waals surface area contributed by atoms with Crippen LogP contribution in [0.1, 0.15) is 47.5 Å². The van der Waals surface area contributed by atoms with E-state index in [1.54, 1.807) is 0 Å². The molecule has 5 heteroatoms. The van der Waals surface area contributed by atoms with Gasteiger partial charge in [-0.25, -0.2) is 0 Å². The summed E-state index contributed by atoms with van der Waals surface area (Å²) in [5.74, 6) is 0. The van der Waals surface area contributed by atoms with Gasteiger partial charge < -0.3 is 10.1 Å². The van der Waals surface area contributed by atoms with E-state index in [2.05, 4.69) is 26.1 Å². The molecule has 0 aromatic carbocycles. The van der Waals surface area contributed by atoms with Crippen molar-refractivity contribution in [3.05, 3.63) is 0 Å². The Balaban J connectivity index is 3.71. The summed E-state index contributed by atoms with van der Waals surface area (Å²) in [4.78, 5) is 0. The van der Waals surface area contributed by atoms with E-state index < -0.39 is 12.6 Å². The zero-order chi connectivity index (χ0) is 14.4. The van der Waals surface area contributed by atoms with Gasteiger partial charge in [0.05, 0.1) is 6.61 Å². The van der Waals surface area contributed by atoms with Crippen molar-refractivity contribution in [1.29, 1.82) is 0 Å². The molecule has 0 saturated carbocycles. The molecule has 0 saturated heterocycles. The maximum Gasteiger partial charge on any atom is 0.389 e. The van der Waals surface area contributed by atoms with Gasteiger partial charge in [-0.15, -0.1) is 0 Å². The van der Waals surface area contributed by atoms with Crippen molar-refractivity contribution in [2.24, 2.45) is 5.41 Å². The largest absolute Gasteiger partial charge is 0.389 e. The fourth-order valence-corrected chi connectivity index (χ4v) is 1.28. The molecule has 0 aliphatic heterocycles. The number of ether oxygens (including phenoxy) is 1.